The van der Waals surface area contributed by atoms with Crippen LogP contribution in [0.1, 0.15) is 50.2 Å². The van der Waals surface area contributed by atoms with Crippen molar-refractivity contribution in [1.82, 2.24) is 5.32 Å². The van der Waals surface area contributed by atoms with E-state index in [0.717, 1.165) is 36.1 Å². The zero-order valence-electron chi connectivity index (χ0n) is 14.0. The second kappa shape index (κ2) is 6.73. The Balaban J connectivity index is 1.57. The molecule has 0 aliphatic heterocycles. The predicted molar refractivity (Wildman–Crippen MR) is 91.2 cm³/mol. The standard InChI is InChI=1S/C19H26N2O2/c1-3-13-8-6-7-12(2)17(13)21-19(23)16-11-15(16)18(22)20-14-9-4-5-10-14/h6-8,14-16H,3-5,9-11H2,1-2H3,(H,20,22)(H,21,23). The fourth-order valence-corrected chi connectivity index (χ4v) is 3.57. The summed E-state index contributed by atoms with van der Waals surface area (Å²) in [5.74, 6) is -0.247. The second-order valence-corrected chi connectivity index (χ2v) is 6.89. The van der Waals surface area contributed by atoms with Gasteiger partial charge in [0.25, 0.3) is 0 Å². The molecule has 2 aliphatic carbocycles. The number of anilines is 1. The molecule has 2 saturated carbocycles. The number of benzene rings is 1. The number of hydrogen-bond acceptors (Lipinski definition) is 2. The first-order valence-corrected chi connectivity index (χ1v) is 8.80. The quantitative estimate of drug-likeness (QED) is 0.877. The Bertz CT molecular complexity index is 605. The van der Waals surface area contributed by atoms with E-state index in [1.807, 2.05) is 25.1 Å². The monoisotopic (exact) mass is 314 g/mol. The van der Waals surface area contributed by atoms with Gasteiger partial charge in [0.15, 0.2) is 0 Å². The number of hydrogen-bond donors (Lipinski definition) is 2. The van der Waals surface area contributed by atoms with Crippen molar-refractivity contribution >= 4 is 17.5 Å². The highest BCUT2D eigenvalue weighted by molar-refractivity contribution is 6.00. The fraction of sp³-hybridized carbons (Fsp3) is 0.579. The van der Waals surface area contributed by atoms with Crippen LogP contribution >= 0.6 is 0 Å². The minimum atomic E-state index is -0.166. The van der Waals surface area contributed by atoms with E-state index in [0.29, 0.717) is 12.5 Å². The number of amides is 2. The molecule has 4 heteroatoms. The van der Waals surface area contributed by atoms with E-state index in [-0.39, 0.29) is 23.7 Å². The van der Waals surface area contributed by atoms with Gasteiger partial charge in [-0.3, -0.25) is 9.59 Å². The van der Waals surface area contributed by atoms with Crippen molar-refractivity contribution in [2.75, 3.05) is 5.32 Å². The molecule has 0 aromatic heterocycles. The van der Waals surface area contributed by atoms with E-state index in [1.165, 1.54) is 12.8 Å². The summed E-state index contributed by atoms with van der Waals surface area (Å²) >= 11 is 0. The first-order valence-electron chi connectivity index (χ1n) is 8.80. The topological polar surface area (TPSA) is 58.2 Å². The Morgan fingerprint density at radius 2 is 1.83 bits per heavy atom. The molecule has 2 atom stereocenters. The maximum absolute atomic E-state index is 12.5. The maximum Gasteiger partial charge on any atom is 0.228 e. The third-order valence-corrected chi connectivity index (χ3v) is 5.15. The Morgan fingerprint density at radius 1 is 1.13 bits per heavy atom. The molecule has 2 aliphatic rings. The van der Waals surface area contributed by atoms with Crippen LogP contribution in [0.3, 0.4) is 0 Å². The van der Waals surface area contributed by atoms with Gasteiger partial charge < -0.3 is 10.6 Å². The van der Waals surface area contributed by atoms with Crippen LogP contribution in [0.15, 0.2) is 18.2 Å². The van der Waals surface area contributed by atoms with Gasteiger partial charge in [-0.2, -0.15) is 0 Å². The van der Waals surface area contributed by atoms with Gasteiger partial charge in [0.2, 0.25) is 11.8 Å². The molecular weight excluding hydrogens is 288 g/mol. The van der Waals surface area contributed by atoms with Crippen LogP contribution in [0, 0.1) is 18.8 Å². The Morgan fingerprint density at radius 3 is 2.52 bits per heavy atom. The van der Waals surface area contributed by atoms with Crippen LogP contribution in [-0.4, -0.2) is 17.9 Å². The van der Waals surface area contributed by atoms with Crippen molar-refractivity contribution < 1.29 is 9.59 Å². The van der Waals surface area contributed by atoms with Crippen molar-refractivity contribution in [3.63, 3.8) is 0 Å². The Labute approximate surface area is 138 Å². The minimum Gasteiger partial charge on any atom is -0.353 e. The molecule has 2 fully saturated rings. The lowest BCUT2D eigenvalue weighted by molar-refractivity contribution is -0.125. The molecule has 2 unspecified atom stereocenters. The Kier molecular flexibility index (Phi) is 4.69. The molecular formula is C19H26N2O2. The molecule has 23 heavy (non-hydrogen) atoms. The summed E-state index contributed by atoms with van der Waals surface area (Å²) in [6, 6.07) is 6.39. The van der Waals surface area contributed by atoms with Crippen LogP contribution in [0.25, 0.3) is 0 Å². The van der Waals surface area contributed by atoms with Crippen LogP contribution in [0.2, 0.25) is 0 Å². The molecule has 1 aromatic rings. The smallest absolute Gasteiger partial charge is 0.228 e. The first-order chi connectivity index (χ1) is 11.1. The molecule has 124 valence electrons. The molecule has 1 aromatic carbocycles. The highest BCUT2D eigenvalue weighted by Gasteiger charge is 2.48. The van der Waals surface area contributed by atoms with Gasteiger partial charge in [-0.05, 0) is 43.7 Å². The average Bonchev–Trinajstić information content (AvgIpc) is 3.20. The summed E-state index contributed by atoms with van der Waals surface area (Å²) in [5, 5.41) is 6.16. The lowest BCUT2D eigenvalue weighted by Crippen LogP contribution is -2.34. The van der Waals surface area contributed by atoms with Crippen molar-refractivity contribution in [2.45, 2.75) is 58.4 Å². The van der Waals surface area contributed by atoms with Gasteiger partial charge in [0.1, 0.15) is 0 Å². The molecule has 0 spiro atoms. The SMILES string of the molecule is CCc1cccc(C)c1NC(=O)C1CC1C(=O)NC1CCCC1. The summed E-state index contributed by atoms with van der Waals surface area (Å²) in [5.41, 5.74) is 3.14. The van der Waals surface area contributed by atoms with Crippen LogP contribution in [0.5, 0.6) is 0 Å². The zero-order chi connectivity index (χ0) is 16.4. The zero-order valence-corrected chi connectivity index (χ0v) is 14.0. The van der Waals surface area contributed by atoms with Gasteiger partial charge in [-0.1, -0.05) is 38.0 Å². The molecule has 0 saturated heterocycles. The molecule has 0 radical (unpaired) electrons. The number of carbonyl (C=O) groups excluding carboxylic acids is 2. The lowest BCUT2D eigenvalue weighted by Gasteiger charge is -2.14. The summed E-state index contributed by atoms with van der Waals surface area (Å²) in [4.78, 5) is 24.7. The number of nitrogens with one attached hydrogen (secondary N) is 2. The van der Waals surface area contributed by atoms with Crippen LogP contribution in [-0.2, 0) is 16.0 Å². The van der Waals surface area contributed by atoms with E-state index >= 15 is 0 Å². The van der Waals surface area contributed by atoms with Crippen LogP contribution < -0.4 is 10.6 Å². The third kappa shape index (κ3) is 3.57. The first kappa shape index (κ1) is 16.0. The molecule has 4 nitrogen and oxygen atoms in total. The third-order valence-electron chi connectivity index (χ3n) is 5.15. The summed E-state index contributed by atoms with van der Waals surface area (Å²) in [6.07, 6.45) is 6.13. The maximum atomic E-state index is 12.5. The second-order valence-electron chi connectivity index (χ2n) is 6.89. The minimum absolute atomic E-state index is 0.0134. The molecule has 2 amide bonds. The number of aryl methyl sites for hydroxylation is 2. The van der Waals surface area contributed by atoms with E-state index < -0.39 is 0 Å². The fourth-order valence-electron chi connectivity index (χ4n) is 3.57. The highest BCUT2D eigenvalue weighted by Crippen LogP contribution is 2.40. The highest BCUT2D eigenvalue weighted by atomic mass is 16.2. The normalized spacial score (nSPS) is 23.6. The van der Waals surface area contributed by atoms with E-state index in [4.69, 9.17) is 0 Å². The number of para-hydroxylation sites is 1. The van der Waals surface area contributed by atoms with Gasteiger partial charge in [0, 0.05) is 11.7 Å². The van der Waals surface area contributed by atoms with Crippen molar-refractivity contribution in [1.29, 1.82) is 0 Å². The molecule has 2 N–H and O–H groups in total. The molecule has 0 heterocycles. The predicted octanol–water partition coefficient (Wildman–Crippen LogP) is 3.19. The number of carbonyl (C=O) groups is 2. The summed E-state index contributed by atoms with van der Waals surface area (Å²) in [6.45, 7) is 4.09. The lowest BCUT2D eigenvalue weighted by atomic mass is 10.1. The molecule has 0 bridgehead atoms. The Hall–Kier alpha value is -1.84. The summed E-state index contributed by atoms with van der Waals surface area (Å²) < 4.78 is 0. The summed E-state index contributed by atoms with van der Waals surface area (Å²) in [7, 11) is 0. The van der Waals surface area contributed by atoms with E-state index in [2.05, 4.69) is 17.6 Å². The number of rotatable bonds is 5. The molecule has 3 rings (SSSR count). The largest absolute Gasteiger partial charge is 0.353 e. The van der Waals surface area contributed by atoms with Crippen molar-refractivity contribution in [3.05, 3.63) is 29.3 Å². The van der Waals surface area contributed by atoms with Gasteiger partial charge in [0.05, 0.1) is 11.8 Å². The van der Waals surface area contributed by atoms with Crippen molar-refractivity contribution in [2.24, 2.45) is 11.8 Å². The van der Waals surface area contributed by atoms with Gasteiger partial charge in [-0.25, -0.2) is 0 Å². The van der Waals surface area contributed by atoms with E-state index in [1.54, 1.807) is 0 Å². The average molecular weight is 314 g/mol. The van der Waals surface area contributed by atoms with Crippen molar-refractivity contribution in [3.8, 4) is 0 Å². The van der Waals surface area contributed by atoms with E-state index in [9.17, 15) is 9.59 Å². The van der Waals surface area contributed by atoms with Gasteiger partial charge in [-0.15, -0.1) is 0 Å². The van der Waals surface area contributed by atoms with Crippen LogP contribution in [0.4, 0.5) is 5.69 Å². The van der Waals surface area contributed by atoms with Gasteiger partial charge >= 0.3 is 0 Å².